The third kappa shape index (κ3) is 4.57. The first-order valence-electron chi connectivity index (χ1n) is 7.08. The van der Waals surface area contributed by atoms with Crippen LogP contribution in [0.4, 0.5) is 0 Å². The molecule has 1 rings (SSSR count). The smallest absolute Gasteiger partial charge is 0.0618 e. The topological polar surface area (TPSA) is 38.5 Å². The Morgan fingerprint density at radius 1 is 1.35 bits per heavy atom. The summed E-state index contributed by atoms with van der Waals surface area (Å²) < 4.78 is 5.35. The zero-order chi connectivity index (χ0) is 12.7. The molecule has 0 aromatic rings. The molecular weight excluding hydrogens is 212 g/mol. The lowest BCUT2D eigenvalue weighted by atomic mass is 9.78. The summed E-state index contributed by atoms with van der Waals surface area (Å²) in [5.41, 5.74) is 6.18. The maximum Gasteiger partial charge on any atom is 0.0618 e. The Morgan fingerprint density at radius 2 is 2.00 bits per heavy atom. The van der Waals surface area contributed by atoms with E-state index in [4.69, 9.17) is 10.5 Å². The van der Waals surface area contributed by atoms with Gasteiger partial charge >= 0.3 is 0 Å². The van der Waals surface area contributed by atoms with Crippen molar-refractivity contribution in [1.82, 2.24) is 4.90 Å². The van der Waals surface area contributed by atoms with E-state index in [0.717, 1.165) is 19.6 Å². The zero-order valence-electron chi connectivity index (χ0n) is 11.9. The molecule has 2 N–H and O–H groups in total. The van der Waals surface area contributed by atoms with Crippen LogP contribution in [0.1, 0.15) is 46.0 Å². The van der Waals surface area contributed by atoms with E-state index in [0.29, 0.717) is 11.5 Å². The first-order chi connectivity index (χ1) is 8.15. The normalized spacial score (nSPS) is 22.6. The fourth-order valence-electron chi connectivity index (χ4n) is 2.70. The minimum Gasteiger partial charge on any atom is -0.383 e. The highest BCUT2D eigenvalue weighted by atomic mass is 16.5. The van der Waals surface area contributed by atoms with Crippen molar-refractivity contribution in [2.24, 2.45) is 11.1 Å². The van der Waals surface area contributed by atoms with Gasteiger partial charge in [0.05, 0.1) is 6.61 Å². The highest BCUT2D eigenvalue weighted by Gasteiger charge is 2.30. The number of nitrogens with zero attached hydrogens (tertiary/aromatic N) is 1. The third-order valence-corrected chi connectivity index (χ3v) is 4.48. The zero-order valence-corrected chi connectivity index (χ0v) is 11.9. The summed E-state index contributed by atoms with van der Waals surface area (Å²) in [4.78, 5) is 2.61. The molecule has 1 fully saturated rings. The number of rotatable bonds is 7. The molecule has 3 nitrogen and oxygen atoms in total. The largest absolute Gasteiger partial charge is 0.383 e. The van der Waals surface area contributed by atoms with Gasteiger partial charge in [0.25, 0.3) is 0 Å². The van der Waals surface area contributed by atoms with Crippen LogP contribution < -0.4 is 5.73 Å². The van der Waals surface area contributed by atoms with Gasteiger partial charge in [-0.3, -0.25) is 4.90 Å². The van der Waals surface area contributed by atoms with Gasteiger partial charge in [0, 0.05) is 13.2 Å². The number of piperidine rings is 1. The molecular formula is C14H30N2O. The van der Waals surface area contributed by atoms with E-state index in [1.165, 1.54) is 38.8 Å². The molecule has 0 radical (unpaired) electrons. The summed E-state index contributed by atoms with van der Waals surface area (Å²) in [6.07, 6.45) is 6.24. The van der Waals surface area contributed by atoms with E-state index >= 15 is 0 Å². The van der Waals surface area contributed by atoms with Crippen molar-refractivity contribution in [3.63, 3.8) is 0 Å². The Hall–Kier alpha value is -0.120. The van der Waals surface area contributed by atoms with Crippen molar-refractivity contribution in [3.05, 3.63) is 0 Å². The molecule has 1 unspecified atom stereocenters. The summed E-state index contributed by atoms with van der Waals surface area (Å²) in [6, 6.07) is 0.574. The first-order valence-corrected chi connectivity index (χ1v) is 7.08. The van der Waals surface area contributed by atoms with Crippen LogP contribution in [-0.2, 0) is 4.74 Å². The molecule has 102 valence electrons. The lowest BCUT2D eigenvalue weighted by Gasteiger charge is -2.42. The Bertz CT molecular complexity index is 200. The van der Waals surface area contributed by atoms with Crippen LogP contribution in [0.3, 0.4) is 0 Å². The van der Waals surface area contributed by atoms with Crippen molar-refractivity contribution in [2.45, 2.75) is 52.0 Å². The molecule has 0 aliphatic carbocycles. The Labute approximate surface area is 107 Å². The maximum atomic E-state index is 5.61. The average Bonchev–Trinajstić information content (AvgIpc) is 2.36. The Balaban J connectivity index is 2.42. The molecule has 3 heteroatoms. The van der Waals surface area contributed by atoms with E-state index in [9.17, 15) is 0 Å². The summed E-state index contributed by atoms with van der Waals surface area (Å²) in [5.74, 6) is 0. The highest BCUT2D eigenvalue weighted by molar-refractivity contribution is 4.84. The Morgan fingerprint density at radius 3 is 2.47 bits per heavy atom. The third-order valence-electron chi connectivity index (χ3n) is 4.48. The highest BCUT2D eigenvalue weighted by Crippen LogP contribution is 2.34. The van der Waals surface area contributed by atoms with Crippen LogP contribution in [0, 0.1) is 5.41 Å². The van der Waals surface area contributed by atoms with Crippen LogP contribution in [-0.4, -0.2) is 44.3 Å². The molecule has 0 aromatic carbocycles. The van der Waals surface area contributed by atoms with Crippen molar-refractivity contribution < 1.29 is 4.74 Å². The molecule has 0 aromatic heterocycles. The van der Waals surface area contributed by atoms with Crippen molar-refractivity contribution in [3.8, 4) is 0 Å². The quantitative estimate of drug-likeness (QED) is 0.744. The second-order valence-corrected chi connectivity index (χ2v) is 5.74. The van der Waals surface area contributed by atoms with Gasteiger partial charge in [0.15, 0.2) is 0 Å². The van der Waals surface area contributed by atoms with E-state index in [2.05, 4.69) is 18.7 Å². The molecule has 0 bridgehead atoms. The molecule has 0 spiro atoms. The minimum atomic E-state index is 0.571. The maximum absolute atomic E-state index is 5.61. The fraction of sp³-hybridized carbons (Fsp3) is 1.00. The van der Waals surface area contributed by atoms with Crippen molar-refractivity contribution in [1.29, 1.82) is 0 Å². The second-order valence-electron chi connectivity index (χ2n) is 5.74. The van der Waals surface area contributed by atoms with Crippen LogP contribution >= 0.6 is 0 Å². The summed E-state index contributed by atoms with van der Waals surface area (Å²) in [7, 11) is 1.80. The number of ether oxygens (including phenoxy) is 1. The lowest BCUT2D eigenvalue weighted by Crippen LogP contribution is -2.46. The molecule has 1 saturated heterocycles. The first kappa shape index (κ1) is 14.9. The van der Waals surface area contributed by atoms with Crippen LogP contribution in [0.2, 0.25) is 0 Å². The molecule has 1 aliphatic rings. The number of hydrogen-bond donors (Lipinski definition) is 1. The number of methoxy groups -OCH3 is 1. The second kappa shape index (κ2) is 7.34. The van der Waals surface area contributed by atoms with Crippen LogP contribution in [0.25, 0.3) is 0 Å². The van der Waals surface area contributed by atoms with E-state index < -0.39 is 0 Å². The van der Waals surface area contributed by atoms with Gasteiger partial charge < -0.3 is 10.5 Å². The fourth-order valence-corrected chi connectivity index (χ4v) is 2.70. The number of hydrogen-bond acceptors (Lipinski definition) is 3. The molecule has 1 atom stereocenters. The van der Waals surface area contributed by atoms with Gasteiger partial charge in [-0.2, -0.15) is 0 Å². The number of likely N-dealkylation sites (tertiary alicyclic amines) is 1. The monoisotopic (exact) mass is 242 g/mol. The predicted octanol–water partition coefficient (Wildman–Crippen LogP) is 2.25. The SMILES string of the molecule is CCC1(C)CCN(C(CCCN)COC)CC1. The van der Waals surface area contributed by atoms with Crippen molar-refractivity contribution >= 4 is 0 Å². The minimum absolute atomic E-state index is 0.571. The van der Waals surface area contributed by atoms with Gasteiger partial charge in [-0.25, -0.2) is 0 Å². The summed E-state index contributed by atoms with van der Waals surface area (Å²) >= 11 is 0. The standard InChI is InChI=1S/C14H30N2O/c1-4-14(2)7-10-16(11-8-14)13(12-17-3)6-5-9-15/h13H,4-12,15H2,1-3H3. The van der Waals surface area contributed by atoms with E-state index in [1.54, 1.807) is 7.11 Å². The lowest BCUT2D eigenvalue weighted by molar-refractivity contribution is 0.0360. The molecule has 1 aliphatic heterocycles. The molecule has 0 saturated carbocycles. The van der Waals surface area contributed by atoms with Crippen LogP contribution in [0.5, 0.6) is 0 Å². The van der Waals surface area contributed by atoms with Gasteiger partial charge in [-0.1, -0.05) is 20.3 Å². The van der Waals surface area contributed by atoms with Crippen molar-refractivity contribution in [2.75, 3.05) is 33.4 Å². The van der Waals surface area contributed by atoms with E-state index in [1.807, 2.05) is 0 Å². The van der Waals surface area contributed by atoms with Gasteiger partial charge in [0.1, 0.15) is 0 Å². The predicted molar refractivity (Wildman–Crippen MR) is 73.2 cm³/mol. The molecule has 0 amide bonds. The molecule has 1 heterocycles. The summed E-state index contributed by atoms with van der Waals surface area (Å²) in [5, 5.41) is 0. The Kier molecular flexibility index (Phi) is 6.45. The van der Waals surface area contributed by atoms with Gasteiger partial charge in [-0.15, -0.1) is 0 Å². The molecule has 17 heavy (non-hydrogen) atoms. The average molecular weight is 242 g/mol. The number of nitrogens with two attached hydrogens (primary N) is 1. The summed E-state index contributed by atoms with van der Waals surface area (Å²) in [6.45, 7) is 8.84. The van der Waals surface area contributed by atoms with Crippen LogP contribution in [0.15, 0.2) is 0 Å². The van der Waals surface area contributed by atoms with Gasteiger partial charge in [0.2, 0.25) is 0 Å². The van der Waals surface area contributed by atoms with Gasteiger partial charge in [-0.05, 0) is 50.7 Å². The van der Waals surface area contributed by atoms with E-state index in [-0.39, 0.29) is 0 Å².